The summed E-state index contributed by atoms with van der Waals surface area (Å²) in [7, 11) is 1.62. The molecule has 0 fully saturated rings. The van der Waals surface area contributed by atoms with Crippen LogP contribution >= 0.6 is 0 Å². The number of aromatic nitrogens is 4. The van der Waals surface area contributed by atoms with Gasteiger partial charge in [0.2, 0.25) is 0 Å². The molecular formula is C21H20N6O3. The van der Waals surface area contributed by atoms with Crippen LogP contribution in [0.3, 0.4) is 0 Å². The third-order valence-electron chi connectivity index (χ3n) is 4.48. The fourth-order valence-corrected chi connectivity index (χ4v) is 2.98. The minimum atomic E-state index is -1.09. The Hall–Kier alpha value is -4.14. The maximum Gasteiger partial charge on any atom is 0.341 e. The van der Waals surface area contributed by atoms with Gasteiger partial charge in [0.25, 0.3) is 0 Å². The fraction of sp³-hybridized carbons (Fsp3) is 0.143. The number of hydrogen-bond acceptors (Lipinski definition) is 7. The smallest absolute Gasteiger partial charge is 0.341 e. The predicted octanol–water partition coefficient (Wildman–Crippen LogP) is 3.50. The molecule has 0 aliphatic carbocycles. The molecule has 4 rings (SSSR count). The number of methoxy groups -OCH3 is 1. The molecule has 0 aliphatic rings. The number of nitrogens with zero attached hydrogens (tertiary/aromatic N) is 4. The SMILES string of the molecule is COc1ccc(CNc2cc(Nc3cccc(C)n3)nc3c(C(=O)O)cnn23)cc1. The second-order valence-electron chi connectivity index (χ2n) is 6.62. The zero-order valence-corrected chi connectivity index (χ0v) is 16.5. The number of ether oxygens (including phenoxy) is 1. The van der Waals surface area contributed by atoms with Crippen LogP contribution in [-0.4, -0.2) is 37.8 Å². The first kappa shape index (κ1) is 19.2. The summed E-state index contributed by atoms with van der Waals surface area (Å²) in [5.41, 5.74) is 2.14. The molecule has 3 aromatic heterocycles. The molecule has 0 amide bonds. The highest BCUT2D eigenvalue weighted by Crippen LogP contribution is 2.22. The summed E-state index contributed by atoms with van der Waals surface area (Å²) in [5, 5.41) is 20.1. The molecule has 0 bridgehead atoms. The Bertz CT molecular complexity index is 1200. The van der Waals surface area contributed by atoms with Gasteiger partial charge in [0, 0.05) is 18.3 Å². The molecule has 0 unspecified atom stereocenters. The van der Waals surface area contributed by atoms with Crippen LogP contribution in [0.15, 0.2) is 54.7 Å². The van der Waals surface area contributed by atoms with E-state index in [1.807, 2.05) is 49.4 Å². The Balaban J connectivity index is 1.68. The van der Waals surface area contributed by atoms with Gasteiger partial charge in [-0.25, -0.2) is 14.8 Å². The van der Waals surface area contributed by atoms with Crippen LogP contribution in [0.2, 0.25) is 0 Å². The number of anilines is 3. The lowest BCUT2D eigenvalue weighted by atomic mass is 10.2. The number of aromatic carboxylic acids is 1. The van der Waals surface area contributed by atoms with Gasteiger partial charge in [0.05, 0.1) is 13.3 Å². The maximum absolute atomic E-state index is 11.6. The number of aryl methyl sites for hydroxylation is 1. The largest absolute Gasteiger partial charge is 0.497 e. The molecule has 1 aromatic carbocycles. The van der Waals surface area contributed by atoms with E-state index in [1.165, 1.54) is 10.7 Å². The van der Waals surface area contributed by atoms with Crippen molar-refractivity contribution in [2.75, 3.05) is 17.7 Å². The van der Waals surface area contributed by atoms with Crippen molar-refractivity contribution in [1.29, 1.82) is 0 Å². The molecule has 3 N–H and O–H groups in total. The van der Waals surface area contributed by atoms with Crippen molar-refractivity contribution in [2.45, 2.75) is 13.5 Å². The highest BCUT2D eigenvalue weighted by Gasteiger charge is 2.16. The van der Waals surface area contributed by atoms with Gasteiger partial charge in [-0.05, 0) is 36.8 Å². The Morgan fingerprint density at radius 2 is 1.93 bits per heavy atom. The quantitative estimate of drug-likeness (QED) is 0.429. The number of pyridine rings is 1. The first-order valence-corrected chi connectivity index (χ1v) is 9.23. The lowest BCUT2D eigenvalue weighted by molar-refractivity contribution is 0.0699. The number of benzene rings is 1. The lowest BCUT2D eigenvalue weighted by Crippen LogP contribution is -2.09. The van der Waals surface area contributed by atoms with Crippen LogP contribution in [0.25, 0.3) is 5.65 Å². The molecule has 0 saturated carbocycles. The van der Waals surface area contributed by atoms with Crippen molar-refractivity contribution in [3.05, 3.63) is 71.5 Å². The molecule has 4 aromatic rings. The molecule has 152 valence electrons. The molecule has 0 spiro atoms. The number of rotatable bonds is 7. The van der Waals surface area contributed by atoms with Crippen LogP contribution in [0.1, 0.15) is 21.6 Å². The standard InChI is InChI=1S/C21H20N6O3/c1-13-4-3-5-17(24-13)25-18-10-19(22-11-14-6-8-15(30-2)9-7-14)27-20(26-18)16(12-23-27)21(28)29/h3-10,12,22H,11H2,1-2H3,(H,28,29)(H,24,25,26). The van der Waals surface area contributed by atoms with Gasteiger partial charge in [-0.15, -0.1) is 0 Å². The highest BCUT2D eigenvalue weighted by atomic mass is 16.5. The van der Waals surface area contributed by atoms with E-state index < -0.39 is 5.97 Å². The Labute approximate surface area is 172 Å². The topological polar surface area (TPSA) is 114 Å². The molecule has 0 aliphatic heterocycles. The third-order valence-corrected chi connectivity index (χ3v) is 4.48. The van der Waals surface area contributed by atoms with Gasteiger partial charge in [-0.3, -0.25) is 0 Å². The number of carboxylic acids is 1. The summed E-state index contributed by atoms with van der Waals surface area (Å²) in [6.07, 6.45) is 1.29. The van der Waals surface area contributed by atoms with E-state index in [9.17, 15) is 9.90 Å². The van der Waals surface area contributed by atoms with E-state index in [-0.39, 0.29) is 11.2 Å². The minimum absolute atomic E-state index is 0.0170. The van der Waals surface area contributed by atoms with Crippen molar-refractivity contribution in [3.8, 4) is 5.75 Å². The number of carbonyl (C=O) groups is 1. The maximum atomic E-state index is 11.6. The van der Waals surface area contributed by atoms with Crippen molar-refractivity contribution in [1.82, 2.24) is 19.6 Å². The first-order valence-electron chi connectivity index (χ1n) is 9.23. The van der Waals surface area contributed by atoms with Crippen molar-refractivity contribution < 1.29 is 14.6 Å². The summed E-state index contributed by atoms with van der Waals surface area (Å²) in [6, 6.07) is 15.0. The normalized spacial score (nSPS) is 10.7. The zero-order valence-electron chi connectivity index (χ0n) is 16.5. The van der Waals surface area contributed by atoms with Crippen LogP contribution < -0.4 is 15.4 Å². The second-order valence-corrected chi connectivity index (χ2v) is 6.62. The molecule has 0 saturated heterocycles. The number of nitrogens with one attached hydrogen (secondary N) is 2. The van der Waals surface area contributed by atoms with Crippen molar-refractivity contribution in [3.63, 3.8) is 0 Å². The average molecular weight is 404 g/mol. The number of carboxylic acid groups (broad SMARTS) is 1. The molecule has 0 atom stereocenters. The molecule has 30 heavy (non-hydrogen) atoms. The Morgan fingerprint density at radius 3 is 2.63 bits per heavy atom. The van der Waals surface area contributed by atoms with Crippen LogP contribution in [-0.2, 0) is 6.54 Å². The molecule has 3 heterocycles. The lowest BCUT2D eigenvalue weighted by Gasteiger charge is -2.12. The van der Waals surface area contributed by atoms with E-state index in [0.29, 0.717) is 24.0 Å². The first-order chi connectivity index (χ1) is 14.5. The van der Waals surface area contributed by atoms with E-state index in [0.717, 1.165) is 17.0 Å². The molecule has 0 radical (unpaired) electrons. The summed E-state index contributed by atoms with van der Waals surface area (Å²) in [5.74, 6) is 1.36. The monoisotopic (exact) mass is 404 g/mol. The van der Waals surface area contributed by atoms with Crippen LogP contribution in [0.4, 0.5) is 17.5 Å². The summed E-state index contributed by atoms with van der Waals surface area (Å²) < 4.78 is 6.66. The van der Waals surface area contributed by atoms with E-state index in [4.69, 9.17) is 4.74 Å². The number of hydrogen-bond donors (Lipinski definition) is 3. The van der Waals surface area contributed by atoms with Gasteiger partial charge in [-0.1, -0.05) is 18.2 Å². The van der Waals surface area contributed by atoms with Crippen molar-refractivity contribution in [2.24, 2.45) is 0 Å². The molecule has 9 heteroatoms. The predicted molar refractivity (Wildman–Crippen MR) is 113 cm³/mol. The second kappa shape index (κ2) is 8.08. The Kier molecular flexibility index (Phi) is 5.17. The van der Waals surface area contributed by atoms with E-state index >= 15 is 0 Å². The van der Waals surface area contributed by atoms with Gasteiger partial charge >= 0.3 is 5.97 Å². The summed E-state index contributed by atoms with van der Waals surface area (Å²) >= 11 is 0. The van der Waals surface area contributed by atoms with Crippen molar-refractivity contribution >= 4 is 29.1 Å². The highest BCUT2D eigenvalue weighted by molar-refractivity contribution is 5.94. The van der Waals surface area contributed by atoms with Crippen LogP contribution in [0, 0.1) is 6.92 Å². The molecular weight excluding hydrogens is 384 g/mol. The van der Waals surface area contributed by atoms with Crippen LogP contribution in [0.5, 0.6) is 5.75 Å². The number of fused-ring (bicyclic) bond motifs is 1. The summed E-state index contributed by atoms with van der Waals surface area (Å²) in [4.78, 5) is 20.4. The molecule has 9 nitrogen and oxygen atoms in total. The fourth-order valence-electron chi connectivity index (χ4n) is 2.98. The van der Waals surface area contributed by atoms with Gasteiger partial charge in [-0.2, -0.15) is 9.61 Å². The van der Waals surface area contributed by atoms with E-state index in [2.05, 4.69) is 25.7 Å². The van der Waals surface area contributed by atoms with Gasteiger partial charge in [0.1, 0.15) is 28.8 Å². The van der Waals surface area contributed by atoms with Gasteiger partial charge in [0.15, 0.2) is 5.65 Å². The Morgan fingerprint density at radius 1 is 1.13 bits per heavy atom. The minimum Gasteiger partial charge on any atom is -0.497 e. The van der Waals surface area contributed by atoms with Gasteiger partial charge < -0.3 is 20.5 Å². The average Bonchev–Trinajstić information content (AvgIpc) is 3.17. The summed E-state index contributed by atoms with van der Waals surface area (Å²) in [6.45, 7) is 2.40. The third kappa shape index (κ3) is 4.00. The van der Waals surface area contributed by atoms with E-state index in [1.54, 1.807) is 13.2 Å². The zero-order chi connectivity index (χ0) is 21.1.